The van der Waals surface area contributed by atoms with Crippen LogP contribution in [0.15, 0.2) is 0 Å². The maximum Gasteiger partial charge on any atom is 0.0793 e. The molecule has 0 saturated heterocycles. The lowest BCUT2D eigenvalue weighted by Crippen LogP contribution is -2.37. The zero-order chi connectivity index (χ0) is 9.52. The number of hydrogen-bond donors (Lipinski definition) is 3. The molecule has 3 heteroatoms. The van der Waals surface area contributed by atoms with Crippen molar-refractivity contribution in [3.8, 4) is 0 Å². The molecule has 13 heavy (non-hydrogen) atoms. The van der Waals surface area contributed by atoms with E-state index in [0.29, 0.717) is 18.6 Å². The Kier molecular flexibility index (Phi) is 4.83. The van der Waals surface area contributed by atoms with Crippen LogP contribution in [0.5, 0.6) is 0 Å². The van der Waals surface area contributed by atoms with Gasteiger partial charge in [0.1, 0.15) is 0 Å². The van der Waals surface area contributed by atoms with Crippen LogP contribution in [0, 0.1) is 11.3 Å². The van der Waals surface area contributed by atoms with Crippen LogP contribution in [0.4, 0.5) is 0 Å². The molecule has 0 aliphatic heterocycles. The van der Waals surface area contributed by atoms with Crippen LogP contribution in [0.3, 0.4) is 0 Å². The lowest BCUT2D eigenvalue weighted by atomic mass is 9.82. The van der Waals surface area contributed by atoms with Crippen molar-refractivity contribution in [2.75, 3.05) is 6.61 Å². The van der Waals surface area contributed by atoms with Gasteiger partial charge >= 0.3 is 0 Å². The molecule has 0 aromatic carbocycles. The summed E-state index contributed by atoms with van der Waals surface area (Å²) < 4.78 is 0. The van der Waals surface area contributed by atoms with Crippen LogP contribution >= 0.6 is 0 Å². The molecule has 0 amide bonds. The van der Waals surface area contributed by atoms with Crippen molar-refractivity contribution in [2.24, 2.45) is 5.92 Å². The topological polar surface area (TPSA) is 56.1 Å². The number of aliphatic hydroxyl groups is 1. The Morgan fingerprint density at radius 1 is 1.38 bits per heavy atom. The summed E-state index contributed by atoms with van der Waals surface area (Å²) in [7, 11) is 0. The second kappa shape index (κ2) is 5.97. The van der Waals surface area contributed by atoms with Crippen LogP contribution in [-0.4, -0.2) is 24.1 Å². The Morgan fingerprint density at radius 2 is 2.15 bits per heavy atom. The lowest BCUT2D eigenvalue weighted by molar-refractivity contribution is 0.229. The smallest absolute Gasteiger partial charge is 0.0793 e. The first-order chi connectivity index (χ1) is 6.38. The first-order valence-corrected chi connectivity index (χ1v) is 5.24. The molecule has 2 atom stereocenters. The van der Waals surface area contributed by atoms with Crippen molar-refractivity contribution in [2.45, 2.75) is 44.6 Å². The Balaban J connectivity index is 2.32. The van der Waals surface area contributed by atoms with Crippen LogP contribution in [-0.2, 0) is 0 Å². The average Bonchev–Trinajstić information content (AvgIpc) is 2.17. The van der Waals surface area contributed by atoms with E-state index in [4.69, 9.17) is 10.5 Å². The monoisotopic (exact) mass is 184 g/mol. The standard InChI is InChI=1S/C10H20N2O/c11-8-12-10-6-2-1-4-9(10)5-3-7-13/h8-10,13H,1-7H2,(H2,11,12). The quantitative estimate of drug-likeness (QED) is 0.448. The molecule has 0 bridgehead atoms. The predicted molar refractivity (Wildman–Crippen MR) is 54.0 cm³/mol. The Bertz CT molecular complexity index is 150. The van der Waals surface area contributed by atoms with Gasteiger partial charge in [-0.25, -0.2) is 0 Å². The van der Waals surface area contributed by atoms with Gasteiger partial charge in [-0.15, -0.1) is 0 Å². The highest BCUT2D eigenvalue weighted by Crippen LogP contribution is 2.27. The summed E-state index contributed by atoms with van der Waals surface area (Å²) >= 11 is 0. The predicted octanol–water partition coefficient (Wildman–Crippen LogP) is 1.51. The normalized spacial score (nSPS) is 28.4. The largest absolute Gasteiger partial charge is 0.396 e. The summed E-state index contributed by atoms with van der Waals surface area (Å²) in [4.78, 5) is 0. The van der Waals surface area contributed by atoms with E-state index in [2.05, 4.69) is 5.32 Å². The molecule has 0 aromatic rings. The summed E-state index contributed by atoms with van der Waals surface area (Å²) in [6, 6.07) is 0.484. The minimum atomic E-state index is 0.299. The third-order valence-corrected chi connectivity index (χ3v) is 2.94. The van der Waals surface area contributed by atoms with Gasteiger partial charge < -0.3 is 10.4 Å². The van der Waals surface area contributed by atoms with Crippen molar-refractivity contribution in [1.29, 1.82) is 5.41 Å². The first-order valence-electron chi connectivity index (χ1n) is 5.24. The maximum atomic E-state index is 8.75. The number of aliphatic hydroxyl groups excluding tert-OH is 1. The van der Waals surface area contributed by atoms with Gasteiger partial charge in [-0.3, -0.25) is 5.41 Å². The fourth-order valence-corrected chi connectivity index (χ4v) is 2.23. The van der Waals surface area contributed by atoms with E-state index in [9.17, 15) is 0 Å². The highest BCUT2D eigenvalue weighted by atomic mass is 16.2. The number of nitrogens with one attached hydrogen (secondary N) is 2. The Morgan fingerprint density at radius 3 is 2.85 bits per heavy atom. The van der Waals surface area contributed by atoms with Crippen molar-refractivity contribution in [3.63, 3.8) is 0 Å². The summed E-state index contributed by atoms with van der Waals surface area (Å²) in [5.41, 5.74) is 0. The van der Waals surface area contributed by atoms with Crippen LogP contribution < -0.4 is 5.32 Å². The molecule has 0 spiro atoms. The first kappa shape index (κ1) is 10.5. The van der Waals surface area contributed by atoms with Gasteiger partial charge in [-0.05, 0) is 31.6 Å². The van der Waals surface area contributed by atoms with Gasteiger partial charge in [-0.2, -0.15) is 0 Å². The fourth-order valence-electron chi connectivity index (χ4n) is 2.23. The molecule has 1 fully saturated rings. The fraction of sp³-hybridized carbons (Fsp3) is 0.900. The molecule has 0 heterocycles. The van der Waals surface area contributed by atoms with E-state index >= 15 is 0 Å². The maximum absolute atomic E-state index is 8.75. The molecule has 1 saturated carbocycles. The van der Waals surface area contributed by atoms with Crippen LogP contribution in [0.25, 0.3) is 0 Å². The third-order valence-electron chi connectivity index (χ3n) is 2.94. The van der Waals surface area contributed by atoms with Crippen LogP contribution in [0.2, 0.25) is 0 Å². The molecule has 3 N–H and O–H groups in total. The Hall–Kier alpha value is -0.570. The molecule has 76 valence electrons. The van der Waals surface area contributed by atoms with Crippen molar-refractivity contribution in [3.05, 3.63) is 0 Å². The van der Waals surface area contributed by atoms with Gasteiger partial charge in [0.2, 0.25) is 0 Å². The van der Waals surface area contributed by atoms with E-state index < -0.39 is 0 Å². The van der Waals surface area contributed by atoms with E-state index in [-0.39, 0.29) is 0 Å². The molecule has 1 aliphatic carbocycles. The van der Waals surface area contributed by atoms with Crippen molar-refractivity contribution in [1.82, 2.24) is 5.32 Å². The number of rotatable bonds is 5. The van der Waals surface area contributed by atoms with E-state index in [1.54, 1.807) is 0 Å². The minimum Gasteiger partial charge on any atom is -0.396 e. The second-order valence-corrected chi connectivity index (χ2v) is 3.83. The van der Waals surface area contributed by atoms with Crippen molar-refractivity contribution < 1.29 is 5.11 Å². The van der Waals surface area contributed by atoms with Gasteiger partial charge in [-0.1, -0.05) is 12.8 Å². The van der Waals surface area contributed by atoms with Gasteiger partial charge in [0, 0.05) is 12.6 Å². The van der Waals surface area contributed by atoms with Gasteiger partial charge in [0.05, 0.1) is 6.34 Å². The summed E-state index contributed by atoms with van der Waals surface area (Å²) in [5.74, 6) is 0.669. The SMILES string of the molecule is N=CNC1CCCCC1CCCO. The Labute approximate surface area is 80.0 Å². The minimum absolute atomic E-state index is 0.299. The van der Waals surface area contributed by atoms with Crippen molar-refractivity contribution >= 4 is 6.34 Å². The summed E-state index contributed by atoms with van der Waals surface area (Å²) in [5, 5.41) is 18.9. The molecule has 1 aliphatic rings. The molecule has 2 unspecified atom stereocenters. The van der Waals surface area contributed by atoms with Gasteiger partial charge in [0.15, 0.2) is 0 Å². The highest BCUT2D eigenvalue weighted by molar-refractivity contribution is 5.50. The van der Waals surface area contributed by atoms with E-state index in [1.807, 2.05) is 0 Å². The second-order valence-electron chi connectivity index (χ2n) is 3.83. The third kappa shape index (κ3) is 3.35. The molecule has 0 aromatic heterocycles. The number of hydrogen-bond acceptors (Lipinski definition) is 2. The molecular weight excluding hydrogens is 164 g/mol. The van der Waals surface area contributed by atoms with E-state index in [0.717, 1.165) is 12.8 Å². The molecule has 1 rings (SSSR count). The lowest BCUT2D eigenvalue weighted by Gasteiger charge is -2.31. The average molecular weight is 184 g/mol. The summed E-state index contributed by atoms with van der Waals surface area (Å²) in [6.07, 6.45) is 8.34. The highest BCUT2D eigenvalue weighted by Gasteiger charge is 2.23. The zero-order valence-electron chi connectivity index (χ0n) is 8.13. The molecular formula is C10H20N2O. The van der Waals surface area contributed by atoms with Crippen LogP contribution in [0.1, 0.15) is 38.5 Å². The molecule has 3 nitrogen and oxygen atoms in total. The summed E-state index contributed by atoms with van der Waals surface area (Å²) in [6.45, 7) is 0.299. The molecule has 0 radical (unpaired) electrons. The van der Waals surface area contributed by atoms with Gasteiger partial charge in [0.25, 0.3) is 0 Å². The zero-order valence-corrected chi connectivity index (χ0v) is 8.13. The van der Waals surface area contributed by atoms with E-state index in [1.165, 1.54) is 32.0 Å².